The number of carbonyl (C=O) groups is 1. The Morgan fingerprint density at radius 3 is 2.23 bits per heavy atom. The van der Waals surface area contributed by atoms with Gasteiger partial charge in [-0.1, -0.05) is 0 Å². The molecule has 1 aliphatic heterocycles. The normalized spacial score (nSPS) is 60.0. The minimum Gasteiger partial charge on any atom is -0.336 e. The third-order valence-electron chi connectivity index (χ3n) is 9.10. The molecule has 2 heteroatoms. The highest BCUT2D eigenvalue weighted by atomic mass is 16.2. The van der Waals surface area contributed by atoms with Crippen LogP contribution in [0.1, 0.15) is 64.7 Å². The predicted molar refractivity (Wildman–Crippen MR) is 85.0 cm³/mol. The van der Waals surface area contributed by atoms with Crippen LogP contribution in [0.5, 0.6) is 0 Å². The Labute approximate surface area is 134 Å². The molecule has 1 amide bonds. The number of amides is 1. The molecule has 1 saturated heterocycles. The zero-order valence-electron chi connectivity index (χ0n) is 13.9. The summed E-state index contributed by atoms with van der Waals surface area (Å²) in [6.07, 6.45) is 12.3. The molecule has 0 aromatic heterocycles. The van der Waals surface area contributed by atoms with E-state index in [0.717, 1.165) is 48.5 Å². The fourth-order valence-electron chi connectivity index (χ4n) is 8.78. The van der Waals surface area contributed by atoms with Crippen molar-refractivity contribution in [3.05, 3.63) is 0 Å². The van der Waals surface area contributed by atoms with E-state index < -0.39 is 0 Å². The summed E-state index contributed by atoms with van der Waals surface area (Å²) in [5.74, 6) is 6.06. The van der Waals surface area contributed by atoms with Crippen LogP contribution >= 0.6 is 0 Å². The quantitative estimate of drug-likeness (QED) is 0.758. The molecule has 4 atom stereocenters. The SMILES string of the molecule is C[C@@]12C3CC[C@@H](CN1C(=O)CC14CC5CC(CC(C5)C1)C4)[C@H]32. The van der Waals surface area contributed by atoms with Crippen LogP contribution in [0.2, 0.25) is 0 Å². The minimum absolute atomic E-state index is 0.294. The molecule has 0 spiro atoms. The molecule has 1 heterocycles. The average molecular weight is 299 g/mol. The molecule has 0 aromatic rings. The van der Waals surface area contributed by atoms with E-state index in [2.05, 4.69) is 11.8 Å². The van der Waals surface area contributed by atoms with Gasteiger partial charge in [-0.2, -0.15) is 0 Å². The van der Waals surface area contributed by atoms with E-state index in [0.29, 0.717) is 16.9 Å². The van der Waals surface area contributed by atoms with Crippen molar-refractivity contribution in [1.82, 2.24) is 4.90 Å². The van der Waals surface area contributed by atoms with Crippen molar-refractivity contribution in [3.63, 3.8) is 0 Å². The van der Waals surface area contributed by atoms with Gasteiger partial charge >= 0.3 is 0 Å². The van der Waals surface area contributed by atoms with Crippen molar-refractivity contribution in [1.29, 1.82) is 0 Å². The Morgan fingerprint density at radius 1 is 1.05 bits per heavy atom. The summed E-state index contributed by atoms with van der Waals surface area (Å²) < 4.78 is 0. The number of piperidine rings is 1. The van der Waals surface area contributed by atoms with Crippen molar-refractivity contribution in [2.24, 2.45) is 40.9 Å². The maximum Gasteiger partial charge on any atom is 0.223 e. The van der Waals surface area contributed by atoms with E-state index in [-0.39, 0.29) is 0 Å². The summed E-state index contributed by atoms with van der Waals surface area (Å²) in [5, 5.41) is 0. The molecule has 7 aliphatic rings. The van der Waals surface area contributed by atoms with E-state index in [4.69, 9.17) is 0 Å². The van der Waals surface area contributed by atoms with Gasteiger partial charge in [0.05, 0.1) is 0 Å². The van der Waals surface area contributed by atoms with Gasteiger partial charge in [-0.15, -0.1) is 0 Å². The molecule has 1 unspecified atom stereocenters. The first kappa shape index (κ1) is 12.8. The van der Waals surface area contributed by atoms with Gasteiger partial charge in [0.1, 0.15) is 0 Å². The number of fused-ring (bicyclic) bond motifs is 1. The van der Waals surface area contributed by atoms with Crippen LogP contribution in [0.25, 0.3) is 0 Å². The molecule has 7 fully saturated rings. The Kier molecular flexibility index (Phi) is 2.19. The fourth-order valence-corrected chi connectivity index (χ4v) is 8.78. The zero-order chi connectivity index (χ0) is 14.7. The monoisotopic (exact) mass is 299 g/mol. The van der Waals surface area contributed by atoms with Gasteiger partial charge in [-0.05, 0) is 99.2 Å². The smallest absolute Gasteiger partial charge is 0.223 e. The van der Waals surface area contributed by atoms with Crippen LogP contribution in [0.15, 0.2) is 0 Å². The highest BCUT2D eigenvalue weighted by molar-refractivity contribution is 5.79. The highest BCUT2D eigenvalue weighted by Crippen LogP contribution is 2.71. The van der Waals surface area contributed by atoms with Gasteiger partial charge in [0.15, 0.2) is 0 Å². The predicted octanol–water partition coefficient (Wildman–Crippen LogP) is 3.85. The van der Waals surface area contributed by atoms with E-state index >= 15 is 0 Å². The molecule has 6 saturated carbocycles. The van der Waals surface area contributed by atoms with Crippen LogP contribution in [0.4, 0.5) is 0 Å². The molecular formula is C20H29NO. The van der Waals surface area contributed by atoms with Crippen molar-refractivity contribution >= 4 is 5.91 Å². The lowest BCUT2D eigenvalue weighted by Gasteiger charge is -2.57. The Hall–Kier alpha value is -0.530. The van der Waals surface area contributed by atoms with Crippen molar-refractivity contribution in [2.45, 2.75) is 70.3 Å². The summed E-state index contributed by atoms with van der Waals surface area (Å²) in [4.78, 5) is 15.6. The second kappa shape index (κ2) is 3.75. The summed E-state index contributed by atoms with van der Waals surface area (Å²) in [5.41, 5.74) is 0.719. The summed E-state index contributed by atoms with van der Waals surface area (Å²) in [6, 6.07) is 0. The third-order valence-corrected chi connectivity index (χ3v) is 9.10. The molecule has 0 N–H and O–H groups in total. The number of carbonyl (C=O) groups excluding carboxylic acids is 1. The average Bonchev–Trinajstić information content (AvgIpc) is 2.75. The summed E-state index contributed by atoms with van der Waals surface area (Å²) in [6.45, 7) is 3.50. The van der Waals surface area contributed by atoms with Gasteiger partial charge < -0.3 is 4.90 Å². The lowest BCUT2D eigenvalue weighted by molar-refractivity contribution is -0.141. The van der Waals surface area contributed by atoms with Crippen LogP contribution in [0.3, 0.4) is 0 Å². The van der Waals surface area contributed by atoms with Crippen LogP contribution in [-0.2, 0) is 4.79 Å². The molecule has 0 radical (unpaired) electrons. The van der Waals surface area contributed by atoms with Crippen molar-refractivity contribution in [2.75, 3.05) is 6.54 Å². The molecule has 120 valence electrons. The number of likely N-dealkylation sites (tertiary alicyclic amines) is 1. The summed E-state index contributed by atoms with van der Waals surface area (Å²) >= 11 is 0. The lowest BCUT2D eigenvalue weighted by atomic mass is 9.49. The van der Waals surface area contributed by atoms with Gasteiger partial charge in [-0.3, -0.25) is 4.79 Å². The molecule has 22 heavy (non-hydrogen) atoms. The first-order chi connectivity index (χ1) is 10.6. The van der Waals surface area contributed by atoms with Gasteiger partial charge in [0.25, 0.3) is 0 Å². The molecule has 4 bridgehead atoms. The number of rotatable bonds is 2. The maximum absolute atomic E-state index is 13.2. The van der Waals surface area contributed by atoms with Crippen molar-refractivity contribution < 1.29 is 4.79 Å². The topological polar surface area (TPSA) is 20.3 Å². The molecule has 0 aromatic carbocycles. The van der Waals surface area contributed by atoms with Gasteiger partial charge in [0, 0.05) is 18.5 Å². The van der Waals surface area contributed by atoms with E-state index in [1.807, 2.05) is 0 Å². The molecule has 7 rings (SSSR count). The minimum atomic E-state index is 0.294. The lowest BCUT2D eigenvalue weighted by Crippen LogP contribution is -2.49. The van der Waals surface area contributed by atoms with E-state index in [1.165, 1.54) is 51.4 Å². The maximum atomic E-state index is 13.2. The Morgan fingerprint density at radius 2 is 1.68 bits per heavy atom. The Bertz CT molecular complexity index is 517. The summed E-state index contributed by atoms with van der Waals surface area (Å²) in [7, 11) is 0. The van der Waals surface area contributed by atoms with Crippen LogP contribution < -0.4 is 0 Å². The zero-order valence-corrected chi connectivity index (χ0v) is 13.9. The molecule has 6 aliphatic carbocycles. The van der Waals surface area contributed by atoms with Crippen LogP contribution in [0, 0.1) is 40.9 Å². The molecule has 2 nitrogen and oxygen atoms in total. The fraction of sp³-hybridized carbons (Fsp3) is 0.950. The standard InChI is InChI=1S/C20H29NO/c1-19-16-3-2-15(18(16)19)11-21(19)17(22)10-20-7-12-4-13(8-20)6-14(5-12)9-20/h12-16,18H,2-11H2,1H3/t12?,13?,14?,15-,16?,18+,19-,20?/m0/s1. The first-order valence-electron chi connectivity index (χ1n) is 9.88. The molecular weight excluding hydrogens is 270 g/mol. The van der Waals surface area contributed by atoms with E-state index in [1.54, 1.807) is 0 Å². The highest BCUT2D eigenvalue weighted by Gasteiger charge is 2.74. The largest absolute Gasteiger partial charge is 0.336 e. The van der Waals surface area contributed by atoms with E-state index in [9.17, 15) is 4.79 Å². The van der Waals surface area contributed by atoms with Gasteiger partial charge in [-0.25, -0.2) is 0 Å². The van der Waals surface area contributed by atoms with Crippen LogP contribution in [-0.4, -0.2) is 22.9 Å². The third kappa shape index (κ3) is 1.42. The number of hydrogen-bond acceptors (Lipinski definition) is 1. The second-order valence-electron chi connectivity index (χ2n) is 10.3. The Balaban J connectivity index is 1.24. The number of nitrogens with zero attached hydrogens (tertiary/aromatic N) is 1. The first-order valence-corrected chi connectivity index (χ1v) is 9.88. The van der Waals surface area contributed by atoms with Gasteiger partial charge in [0.2, 0.25) is 5.91 Å². The second-order valence-corrected chi connectivity index (χ2v) is 10.3. The van der Waals surface area contributed by atoms with Crippen molar-refractivity contribution in [3.8, 4) is 0 Å². The number of hydrogen-bond donors (Lipinski definition) is 0.